The molecular weight excluding hydrogens is 196 g/mol. The number of rotatable bonds is 3. The van der Waals surface area contributed by atoms with Gasteiger partial charge in [-0.25, -0.2) is 0 Å². The average Bonchev–Trinajstić information content (AvgIpc) is 2.07. The van der Waals surface area contributed by atoms with E-state index in [-0.39, 0.29) is 5.78 Å². The fourth-order valence-electron chi connectivity index (χ4n) is 1.18. The molecule has 0 spiro atoms. The molecular formula is C12H13ClO. The molecule has 0 saturated carbocycles. The first kappa shape index (κ1) is 11.0. The Hall–Kier alpha value is -1.08. The van der Waals surface area contributed by atoms with E-state index in [0.717, 1.165) is 11.1 Å². The van der Waals surface area contributed by atoms with Crippen molar-refractivity contribution in [1.82, 2.24) is 0 Å². The maximum absolute atomic E-state index is 11.4. The summed E-state index contributed by atoms with van der Waals surface area (Å²) in [5, 5.41) is 0.698. The number of carbonyl (C=O) groups is 1. The van der Waals surface area contributed by atoms with Crippen LogP contribution in [0.3, 0.4) is 0 Å². The van der Waals surface area contributed by atoms with Gasteiger partial charge >= 0.3 is 0 Å². The number of halogens is 1. The fraction of sp³-hybridized carbons (Fsp3) is 0.250. The molecule has 0 aliphatic heterocycles. The van der Waals surface area contributed by atoms with E-state index >= 15 is 0 Å². The molecule has 0 aromatic heterocycles. The lowest BCUT2D eigenvalue weighted by molar-refractivity contribution is -0.114. The summed E-state index contributed by atoms with van der Waals surface area (Å²) in [6.07, 6.45) is 2.11. The molecule has 1 aromatic carbocycles. The van der Waals surface area contributed by atoms with Crippen LogP contribution < -0.4 is 0 Å². The second-order valence-electron chi connectivity index (χ2n) is 3.49. The summed E-state index contributed by atoms with van der Waals surface area (Å²) in [5.41, 5.74) is 2.03. The maximum atomic E-state index is 11.4. The van der Waals surface area contributed by atoms with Gasteiger partial charge in [0.25, 0.3) is 0 Å². The highest BCUT2D eigenvalue weighted by molar-refractivity contribution is 6.30. The highest BCUT2D eigenvalue weighted by Crippen LogP contribution is 2.10. The maximum Gasteiger partial charge on any atom is 0.159 e. The minimum Gasteiger partial charge on any atom is -0.294 e. The Morgan fingerprint density at radius 1 is 1.29 bits per heavy atom. The lowest BCUT2D eigenvalue weighted by Gasteiger charge is -1.98. The van der Waals surface area contributed by atoms with Gasteiger partial charge in [0, 0.05) is 11.4 Å². The molecule has 0 aliphatic carbocycles. The summed E-state index contributed by atoms with van der Waals surface area (Å²) in [4.78, 5) is 11.4. The van der Waals surface area contributed by atoms with E-state index in [2.05, 4.69) is 0 Å². The third kappa shape index (κ3) is 3.75. The number of ketones is 1. The van der Waals surface area contributed by atoms with E-state index in [9.17, 15) is 4.79 Å². The third-order valence-corrected chi connectivity index (χ3v) is 1.99. The number of hydrogen-bond acceptors (Lipinski definition) is 1. The van der Waals surface area contributed by atoms with Gasteiger partial charge in [0.1, 0.15) is 0 Å². The highest BCUT2D eigenvalue weighted by atomic mass is 35.5. The number of allylic oxidation sites excluding steroid dienone is 2. The standard InChI is InChI=1S/C12H13ClO/c1-9(2)7-12(14)8-10-3-5-11(13)6-4-10/h3-7H,8H2,1-2H3. The van der Waals surface area contributed by atoms with Crippen LogP contribution in [-0.4, -0.2) is 5.78 Å². The predicted octanol–water partition coefficient (Wildman–Crippen LogP) is 3.42. The van der Waals surface area contributed by atoms with Crippen LogP contribution in [-0.2, 0) is 11.2 Å². The average molecular weight is 209 g/mol. The van der Waals surface area contributed by atoms with Gasteiger partial charge in [0.2, 0.25) is 0 Å². The molecule has 0 unspecified atom stereocenters. The van der Waals surface area contributed by atoms with Gasteiger partial charge in [-0.15, -0.1) is 0 Å². The van der Waals surface area contributed by atoms with E-state index in [4.69, 9.17) is 11.6 Å². The Morgan fingerprint density at radius 2 is 1.86 bits per heavy atom. The molecule has 1 aromatic rings. The quantitative estimate of drug-likeness (QED) is 0.696. The zero-order valence-corrected chi connectivity index (χ0v) is 9.14. The molecule has 0 radical (unpaired) electrons. The Balaban J connectivity index is 2.66. The van der Waals surface area contributed by atoms with Gasteiger partial charge in [0.15, 0.2) is 5.78 Å². The van der Waals surface area contributed by atoms with Crippen molar-refractivity contribution in [3.63, 3.8) is 0 Å². The summed E-state index contributed by atoms with van der Waals surface area (Å²) in [6, 6.07) is 7.34. The lowest BCUT2D eigenvalue weighted by atomic mass is 10.1. The minimum absolute atomic E-state index is 0.132. The van der Waals surface area contributed by atoms with Gasteiger partial charge in [-0.05, 0) is 37.6 Å². The van der Waals surface area contributed by atoms with Crippen molar-refractivity contribution < 1.29 is 4.79 Å². The first-order valence-electron chi connectivity index (χ1n) is 4.50. The Kier molecular flexibility index (Phi) is 3.90. The molecule has 0 saturated heterocycles. The third-order valence-electron chi connectivity index (χ3n) is 1.74. The lowest BCUT2D eigenvalue weighted by Crippen LogP contribution is -1.98. The SMILES string of the molecule is CC(C)=CC(=O)Cc1ccc(Cl)cc1. The fourth-order valence-corrected chi connectivity index (χ4v) is 1.30. The van der Waals surface area contributed by atoms with Crippen LogP contribution in [0.2, 0.25) is 5.02 Å². The van der Waals surface area contributed by atoms with Gasteiger partial charge < -0.3 is 0 Å². The second-order valence-corrected chi connectivity index (χ2v) is 3.93. The molecule has 2 heteroatoms. The Morgan fingerprint density at radius 3 is 2.36 bits per heavy atom. The molecule has 74 valence electrons. The second kappa shape index (κ2) is 4.97. The molecule has 0 heterocycles. The van der Waals surface area contributed by atoms with Crippen LogP contribution in [0.5, 0.6) is 0 Å². The zero-order valence-electron chi connectivity index (χ0n) is 8.38. The zero-order chi connectivity index (χ0) is 10.6. The number of carbonyl (C=O) groups excluding carboxylic acids is 1. The molecule has 0 bridgehead atoms. The van der Waals surface area contributed by atoms with E-state index in [1.165, 1.54) is 0 Å². The summed E-state index contributed by atoms with van der Waals surface area (Å²) in [7, 11) is 0. The van der Waals surface area contributed by atoms with Crippen LogP contribution in [0.15, 0.2) is 35.9 Å². The van der Waals surface area contributed by atoms with Crippen molar-refractivity contribution in [1.29, 1.82) is 0 Å². The van der Waals surface area contributed by atoms with E-state index in [1.54, 1.807) is 18.2 Å². The topological polar surface area (TPSA) is 17.1 Å². The van der Waals surface area contributed by atoms with Crippen molar-refractivity contribution >= 4 is 17.4 Å². The van der Waals surface area contributed by atoms with Crippen molar-refractivity contribution in [2.24, 2.45) is 0 Å². The normalized spacial score (nSPS) is 9.64. The Bertz CT molecular complexity index is 345. The van der Waals surface area contributed by atoms with Crippen LogP contribution in [0.4, 0.5) is 0 Å². The van der Waals surface area contributed by atoms with E-state index < -0.39 is 0 Å². The van der Waals surface area contributed by atoms with Crippen LogP contribution in [0.25, 0.3) is 0 Å². The van der Waals surface area contributed by atoms with E-state index in [1.807, 2.05) is 26.0 Å². The monoisotopic (exact) mass is 208 g/mol. The van der Waals surface area contributed by atoms with Gasteiger partial charge in [-0.3, -0.25) is 4.79 Å². The van der Waals surface area contributed by atoms with Crippen molar-refractivity contribution in [3.8, 4) is 0 Å². The molecule has 1 rings (SSSR count). The number of benzene rings is 1. The molecule has 0 atom stereocenters. The first-order chi connectivity index (χ1) is 6.58. The largest absolute Gasteiger partial charge is 0.294 e. The molecule has 1 nitrogen and oxygen atoms in total. The molecule has 14 heavy (non-hydrogen) atoms. The molecule has 0 amide bonds. The molecule has 0 N–H and O–H groups in total. The highest BCUT2D eigenvalue weighted by Gasteiger charge is 1.99. The van der Waals surface area contributed by atoms with Crippen molar-refractivity contribution in [3.05, 3.63) is 46.5 Å². The first-order valence-corrected chi connectivity index (χ1v) is 4.88. The molecule has 0 aliphatic rings. The van der Waals surface area contributed by atoms with Gasteiger partial charge in [0.05, 0.1) is 0 Å². The summed E-state index contributed by atoms with van der Waals surface area (Å²) in [6.45, 7) is 3.83. The predicted molar refractivity (Wildman–Crippen MR) is 59.6 cm³/mol. The van der Waals surface area contributed by atoms with Gasteiger partial charge in [-0.2, -0.15) is 0 Å². The molecule has 0 fully saturated rings. The Labute approximate surface area is 89.4 Å². The minimum atomic E-state index is 0.132. The van der Waals surface area contributed by atoms with E-state index in [0.29, 0.717) is 11.4 Å². The van der Waals surface area contributed by atoms with Crippen molar-refractivity contribution in [2.75, 3.05) is 0 Å². The van der Waals surface area contributed by atoms with Crippen LogP contribution in [0, 0.1) is 0 Å². The summed E-state index contributed by atoms with van der Waals surface area (Å²) >= 11 is 5.74. The van der Waals surface area contributed by atoms with Crippen molar-refractivity contribution in [2.45, 2.75) is 20.3 Å². The van der Waals surface area contributed by atoms with Crippen LogP contribution >= 0.6 is 11.6 Å². The van der Waals surface area contributed by atoms with Gasteiger partial charge in [-0.1, -0.05) is 29.3 Å². The van der Waals surface area contributed by atoms with Crippen LogP contribution in [0.1, 0.15) is 19.4 Å². The summed E-state index contributed by atoms with van der Waals surface area (Å²) < 4.78 is 0. The number of hydrogen-bond donors (Lipinski definition) is 0. The summed E-state index contributed by atoms with van der Waals surface area (Å²) in [5.74, 6) is 0.132. The smallest absolute Gasteiger partial charge is 0.159 e.